The van der Waals surface area contributed by atoms with Gasteiger partial charge in [-0.2, -0.15) is 4.74 Å². The third-order valence-electron chi connectivity index (χ3n) is 16.6. The second-order valence-corrected chi connectivity index (χ2v) is 22.2. The van der Waals surface area contributed by atoms with E-state index in [1.807, 2.05) is 125 Å². The van der Waals surface area contributed by atoms with Gasteiger partial charge in [0.2, 0.25) is 36.7 Å². The molecule has 432 valence electrons. The molecule has 12 rings (SSSR count). The Morgan fingerprint density at radius 3 is 1.92 bits per heavy atom. The standard InChI is InChI=1S/C65H65N7O12/c1-38(2)60(70(65(75)76)32-51-49-13-8-6-11-47(49)48-12-7-9-14-50(48)51)64(74)66-39(3)63(73)67-46-20-15-40(16-21-46)41-17-22-52-44(27-41)30-68-35-58(61(79-4)54(68)33-71(52)77)81-25-10-26-82-59-36-69-31-45-28-42(43-19-24-56-57(29-43)84-37-83-56)18-23-53(45)72(78)34-55(69)62(59)80-5/h6-9,11-24,29,33-36,38-39,44-45,51,60H,10,25-28,30-32,37H2,1-5H3,(H3-,66,67,73,74,75,76,78)/p+1. The molecule has 0 bridgehead atoms. The van der Waals surface area contributed by atoms with Gasteiger partial charge in [-0.25, -0.2) is 4.79 Å². The number of nitrogens with zero attached hydrogens (tertiary/aromatic N) is 5. The highest BCUT2D eigenvalue weighted by Gasteiger charge is 2.40. The third-order valence-corrected chi connectivity index (χ3v) is 16.6. The molecule has 19 nitrogen and oxygen atoms in total. The van der Waals surface area contributed by atoms with E-state index in [1.54, 1.807) is 53.3 Å². The number of carboxylic acid groups (broad SMARTS) is 1. The van der Waals surface area contributed by atoms with Gasteiger partial charge in [0.25, 0.3) is 0 Å². The molecule has 6 aromatic rings. The molecule has 6 aliphatic rings. The fraction of sp³-hybridized carbons (Fsp3) is 0.308. The molecule has 4 N–H and O–H groups in total. The number of hydrogen-bond donors (Lipinski definition) is 4. The zero-order valence-electron chi connectivity index (χ0n) is 47.3. The van der Waals surface area contributed by atoms with Crippen molar-refractivity contribution in [2.24, 2.45) is 17.8 Å². The minimum Gasteiger partial charge on any atom is -0.618 e. The van der Waals surface area contributed by atoms with Crippen molar-refractivity contribution in [2.75, 3.05) is 46.1 Å². The summed E-state index contributed by atoms with van der Waals surface area (Å²) in [6, 6.07) is 27.2. The average molecular weight is 1140 g/mol. The van der Waals surface area contributed by atoms with Gasteiger partial charge in [0.1, 0.15) is 12.1 Å². The van der Waals surface area contributed by atoms with Crippen molar-refractivity contribution in [3.63, 3.8) is 0 Å². The number of ether oxygens (including phenoxy) is 6. The van der Waals surface area contributed by atoms with E-state index in [0.29, 0.717) is 91.3 Å². The number of hydrogen-bond acceptors (Lipinski definition) is 11. The van der Waals surface area contributed by atoms with Crippen LogP contribution in [0, 0.1) is 23.0 Å². The molecule has 0 saturated heterocycles. The normalized spacial score (nSPS) is 17.9. The lowest BCUT2D eigenvalue weighted by Gasteiger charge is -2.34. The fourth-order valence-corrected chi connectivity index (χ4v) is 12.5. The summed E-state index contributed by atoms with van der Waals surface area (Å²) >= 11 is 0. The van der Waals surface area contributed by atoms with E-state index in [9.17, 15) is 29.9 Å². The van der Waals surface area contributed by atoms with Crippen LogP contribution in [0.1, 0.15) is 79.6 Å². The molecule has 3 aliphatic carbocycles. The lowest BCUT2D eigenvalue weighted by Crippen LogP contribution is -2.56. The van der Waals surface area contributed by atoms with Gasteiger partial charge in [0, 0.05) is 54.6 Å². The van der Waals surface area contributed by atoms with Crippen LogP contribution in [0.25, 0.3) is 22.3 Å². The number of hydroxylamine groups is 2. The Morgan fingerprint density at radius 2 is 1.30 bits per heavy atom. The molecule has 0 saturated carbocycles. The van der Waals surface area contributed by atoms with E-state index in [0.717, 1.165) is 66.5 Å². The summed E-state index contributed by atoms with van der Waals surface area (Å²) in [5.74, 6) is 1.56. The molecule has 0 spiro atoms. The minimum atomic E-state index is -1.22. The minimum absolute atomic E-state index is 0.0322. The molecule has 0 radical (unpaired) electrons. The van der Waals surface area contributed by atoms with Crippen LogP contribution in [0.2, 0.25) is 0 Å². The lowest BCUT2D eigenvalue weighted by molar-refractivity contribution is -0.738. The highest BCUT2D eigenvalue weighted by atomic mass is 16.7. The topological polar surface area (TPSA) is 213 Å². The number of fused-ring (bicyclic) bond motifs is 8. The second kappa shape index (κ2) is 22.9. The fourth-order valence-electron chi connectivity index (χ4n) is 12.5. The van der Waals surface area contributed by atoms with Crippen LogP contribution in [0.5, 0.6) is 34.5 Å². The summed E-state index contributed by atoms with van der Waals surface area (Å²) in [5.41, 5.74) is 11.4. The molecule has 2 aromatic heterocycles. The van der Waals surface area contributed by atoms with Gasteiger partial charge in [0.05, 0.1) is 51.7 Å². The molecule has 4 atom stereocenters. The molecule has 84 heavy (non-hydrogen) atoms. The number of aromatic nitrogens is 2. The molecule has 3 amide bonds. The van der Waals surface area contributed by atoms with Crippen molar-refractivity contribution in [3.05, 3.63) is 178 Å². The molecule has 19 heteroatoms. The number of amides is 3. The zero-order valence-corrected chi connectivity index (χ0v) is 47.3. The first-order valence-corrected chi connectivity index (χ1v) is 28.3. The smallest absolute Gasteiger partial charge is 0.408 e. The number of nitrogens with one attached hydrogen (secondary N) is 2. The van der Waals surface area contributed by atoms with E-state index < -0.39 is 35.9 Å². The summed E-state index contributed by atoms with van der Waals surface area (Å²) in [5, 5.41) is 41.3. The summed E-state index contributed by atoms with van der Waals surface area (Å²) in [6.45, 7) is 7.12. The Bertz CT molecular complexity index is 3740. The van der Waals surface area contributed by atoms with Gasteiger partial charge < -0.3 is 58.5 Å². The number of benzene rings is 4. The molecular weight excluding hydrogens is 1070 g/mol. The molecule has 5 heterocycles. The summed E-state index contributed by atoms with van der Waals surface area (Å²) < 4.78 is 41.5. The van der Waals surface area contributed by atoms with E-state index in [2.05, 4.69) is 10.6 Å². The summed E-state index contributed by atoms with van der Waals surface area (Å²) in [6.07, 6.45) is 15.3. The molecular formula is C65H66N7O12+. The third kappa shape index (κ3) is 10.5. The zero-order chi connectivity index (χ0) is 58.3. The number of anilines is 1. The first-order valence-electron chi connectivity index (χ1n) is 28.3. The van der Waals surface area contributed by atoms with Gasteiger partial charge in [-0.15, -0.1) is 0 Å². The van der Waals surface area contributed by atoms with Crippen LogP contribution in [0.15, 0.2) is 139 Å². The van der Waals surface area contributed by atoms with Crippen LogP contribution in [-0.2, 0) is 22.7 Å². The SMILES string of the molecule is COc1c(OCCCOc2cn3c(c2OC)C=[N+](O)C2=CC=C(c4ccc5c(c4)OCO5)CC2C3)cn2c1C=[N+]([O-])C1=CC=C(c3ccc(NC(=O)C(C)NC(=O)C(C(C)C)N(CC4c5ccccc5-c5ccccc54)C(=O)O)cc3)CC1C2. The predicted octanol–water partition coefficient (Wildman–Crippen LogP) is 9.90. The molecule has 3 aliphatic heterocycles. The first-order chi connectivity index (χ1) is 40.7. The summed E-state index contributed by atoms with van der Waals surface area (Å²) in [7, 11) is 3.14. The lowest BCUT2D eigenvalue weighted by atomic mass is 9.87. The van der Waals surface area contributed by atoms with Crippen LogP contribution in [-0.4, -0.2) is 117 Å². The van der Waals surface area contributed by atoms with Crippen LogP contribution in [0.4, 0.5) is 10.5 Å². The van der Waals surface area contributed by atoms with E-state index in [-0.39, 0.29) is 31.1 Å². The number of carbonyl (C=O) groups excluding carboxylic acids is 2. The Kier molecular flexibility index (Phi) is 15.0. The van der Waals surface area contributed by atoms with Crippen molar-refractivity contribution < 1.29 is 62.6 Å². The van der Waals surface area contributed by atoms with Gasteiger partial charge in [-0.3, -0.25) is 19.7 Å². The molecule has 0 fully saturated rings. The Morgan fingerprint density at radius 1 is 0.726 bits per heavy atom. The first kappa shape index (κ1) is 54.9. The van der Waals surface area contributed by atoms with Crippen molar-refractivity contribution >= 4 is 47.2 Å². The average Bonchev–Trinajstić information content (AvgIpc) is 4.18. The number of methoxy groups -OCH3 is 2. The Hall–Kier alpha value is -9.65. The largest absolute Gasteiger partial charge is 0.618 e. The maximum Gasteiger partial charge on any atom is 0.408 e. The Balaban J connectivity index is 0.641. The monoisotopic (exact) mass is 1140 g/mol. The van der Waals surface area contributed by atoms with E-state index in [4.69, 9.17) is 28.4 Å². The number of allylic oxidation sites excluding steroid dienone is 8. The summed E-state index contributed by atoms with van der Waals surface area (Å²) in [4.78, 5) is 41.7. The van der Waals surface area contributed by atoms with Crippen molar-refractivity contribution in [3.8, 4) is 45.6 Å². The maximum absolute atomic E-state index is 14.0. The van der Waals surface area contributed by atoms with Gasteiger partial charge in [-0.1, -0.05) is 92.7 Å². The van der Waals surface area contributed by atoms with Gasteiger partial charge in [0.15, 0.2) is 51.6 Å². The van der Waals surface area contributed by atoms with Gasteiger partial charge >= 0.3 is 6.09 Å². The van der Waals surface area contributed by atoms with Crippen molar-refractivity contribution in [2.45, 2.75) is 71.1 Å². The number of carbonyl (C=O) groups is 3. The van der Waals surface area contributed by atoms with Crippen molar-refractivity contribution in [1.29, 1.82) is 0 Å². The van der Waals surface area contributed by atoms with Crippen molar-refractivity contribution in [1.82, 2.24) is 19.4 Å². The van der Waals surface area contributed by atoms with E-state index in [1.165, 1.54) is 15.9 Å². The molecule has 4 aromatic carbocycles. The van der Waals surface area contributed by atoms with Crippen LogP contribution in [0.3, 0.4) is 0 Å². The Labute approximate surface area is 485 Å². The maximum atomic E-state index is 14.0. The molecule has 4 unspecified atom stereocenters. The second-order valence-electron chi connectivity index (χ2n) is 22.2. The van der Waals surface area contributed by atoms with E-state index >= 15 is 0 Å². The van der Waals surface area contributed by atoms with Gasteiger partial charge in [-0.05, 0) is 94.5 Å². The number of rotatable bonds is 18. The highest BCUT2D eigenvalue weighted by molar-refractivity contribution is 5.98. The van der Waals surface area contributed by atoms with Crippen LogP contribution < -0.4 is 39.1 Å². The highest BCUT2D eigenvalue weighted by Crippen LogP contribution is 2.46. The van der Waals surface area contributed by atoms with Crippen LogP contribution >= 0.6 is 0 Å². The quantitative estimate of drug-likeness (QED) is 0.0274. The predicted molar refractivity (Wildman–Crippen MR) is 314 cm³/mol.